The number of carbonyl (C=O) groups is 2. The molecule has 4 N–H and O–H groups in total. The van der Waals surface area contributed by atoms with Gasteiger partial charge in [0.15, 0.2) is 0 Å². The van der Waals surface area contributed by atoms with Crippen molar-refractivity contribution in [3.63, 3.8) is 0 Å². The van der Waals surface area contributed by atoms with Crippen molar-refractivity contribution in [3.8, 4) is 0 Å². The molecule has 3 amide bonds. The highest BCUT2D eigenvalue weighted by Gasteiger charge is 2.26. The number of amides is 3. The third-order valence-corrected chi connectivity index (χ3v) is 3.73. The van der Waals surface area contributed by atoms with Crippen molar-refractivity contribution < 1.29 is 14.7 Å². The van der Waals surface area contributed by atoms with Crippen LogP contribution >= 0.6 is 0 Å². The molecule has 2 unspecified atom stereocenters. The summed E-state index contributed by atoms with van der Waals surface area (Å²) in [5.41, 5.74) is 6.67. The molecule has 0 spiro atoms. The number of benzene rings is 1. The van der Waals surface area contributed by atoms with E-state index in [1.807, 2.05) is 0 Å². The number of urea groups is 1. The topological polar surface area (TPSA) is 95.7 Å². The molecule has 0 aliphatic carbocycles. The number of nitrogens with two attached hydrogens (primary N) is 1. The summed E-state index contributed by atoms with van der Waals surface area (Å²) in [4.78, 5) is 25.1. The number of hydrogen-bond donors (Lipinski definition) is 3. The summed E-state index contributed by atoms with van der Waals surface area (Å²) in [7, 11) is 0. The normalized spacial score (nSPS) is 19.9. The van der Waals surface area contributed by atoms with E-state index in [9.17, 15) is 14.7 Å². The van der Waals surface area contributed by atoms with Crippen LogP contribution in [-0.4, -0.2) is 35.0 Å². The molecular formula is C15H21N3O3. The van der Waals surface area contributed by atoms with Gasteiger partial charge in [0.1, 0.15) is 0 Å². The first-order valence-corrected chi connectivity index (χ1v) is 7.10. The number of rotatable bonds is 3. The summed E-state index contributed by atoms with van der Waals surface area (Å²) < 4.78 is 0. The molecule has 1 fully saturated rings. The highest BCUT2D eigenvalue weighted by molar-refractivity contribution is 5.90. The minimum Gasteiger partial charge on any atom is -0.389 e. The van der Waals surface area contributed by atoms with Gasteiger partial charge in [-0.15, -0.1) is 0 Å². The Hall–Kier alpha value is -2.08. The summed E-state index contributed by atoms with van der Waals surface area (Å²) >= 11 is 0. The quantitative estimate of drug-likeness (QED) is 0.787. The predicted octanol–water partition coefficient (Wildman–Crippen LogP) is 1.47. The average Bonchev–Trinajstić information content (AvgIpc) is 2.47. The van der Waals surface area contributed by atoms with E-state index in [-0.39, 0.29) is 17.9 Å². The number of nitrogens with zero attached hydrogens (tertiary/aromatic N) is 1. The molecular weight excluding hydrogens is 270 g/mol. The maximum Gasteiger partial charge on any atom is 0.321 e. The van der Waals surface area contributed by atoms with Gasteiger partial charge in [-0.3, -0.25) is 4.79 Å². The molecule has 2 atom stereocenters. The molecule has 0 saturated carbocycles. The Morgan fingerprint density at radius 1 is 1.48 bits per heavy atom. The molecule has 0 radical (unpaired) electrons. The highest BCUT2D eigenvalue weighted by atomic mass is 16.3. The fourth-order valence-electron chi connectivity index (χ4n) is 2.47. The summed E-state index contributed by atoms with van der Waals surface area (Å²) in [6.45, 7) is 2.64. The average molecular weight is 291 g/mol. The molecule has 21 heavy (non-hydrogen) atoms. The van der Waals surface area contributed by atoms with Gasteiger partial charge in [0.05, 0.1) is 12.0 Å². The zero-order valence-electron chi connectivity index (χ0n) is 12.1. The lowest BCUT2D eigenvalue weighted by molar-refractivity contribution is -0.123. The van der Waals surface area contributed by atoms with Crippen LogP contribution in [0.3, 0.4) is 0 Å². The van der Waals surface area contributed by atoms with Crippen molar-refractivity contribution in [1.82, 2.24) is 4.90 Å². The van der Waals surface area contributed by atoms with Crippen LogP contribution in [0.1, 0.15) is 31.4 Å². The monoisotopic (exact) mass is 291 g/mol. The van der Waals surface area contributed by atoms with E-state index in [1.54, 1.807) is 36.1 Å². The molecule has 1 aromatic rings. The SMILES string of the molecule is CC(O)c1cccc(NC(=O)N2CCCC(C(N)=O)C2)c1. The lowest BCUT2D eigenvalue weighted by Gasteiger charge is -2.31. The number of aliphatic hydroxyl groups is 1. The zero-order chi connectivity index (χ0) is 15.4. The fraction of sp³-hybridized carbons (Fsp3) is 0.467. The highest BCUT2D eigenvalue weighted by Crippen LogP contribution is 2.20. The Bertz CT molecular complexity index is 531. The van der Waals surface area contributed by atoms with Gasteiger partial charge >= 0.3 is 6.03 Å². The Labute approximate surface area is 123 Å². The van der Waals surface area contributed by atoms with Gasteiger partial charge in [0.25, 0.3) is 0 Å². The van der Waals surface area contributed by atoms with Crippen LogP contribution in [0, 0.1) is 5.92 Å². The van der Waals surface area contributed by atoms with Gasteiger partial charge in [-0.05, 0) is 37.5 Å². The van der Waals surface area contributed by atoms with E-state index in [2.05, 4.69) is 5.32 Å². The Morgan fingerprint density at radius 3 is 2.90 bits per heavy atom. The number of hydrogen-bond acceptors (Lipinski definition) is 3. The smallest absolute Gasteiger partial charge is 0.321 e. The van der Waals surface area contributed by atoms with Crippen molar-refractivity contribution in [3.05, 3.63) is 29.8 Å². The second kappa shape index (κ2) is 6.58. The summed E-state index contributed by atoms with van der Waals surface area (Å²) in [5.74, 6) is -0.628. The van der Waals surface area contributed by atoms with E-state index in [4.69, 9.17) is 5.73 Å². The largest absolute Gasteiger partial charge is 0.389 e. The Kier molecular flexibility index (Phi) is 4.80. The van der Waals surface area contributed by atoms with E-state index in [0.717, 1.165) is 18.4 Å². The van der Waals surface area contributed by atoms with Crippen molar-refractivity contribution in [2.24, 2.45) is 11.7 Å². The number of aliphatic hydroxyl groups excluding tert-OH is 1. The third-order valence-electron chi connectivity index (χ3n) is 3.73. The van der Waals surface area contributed by atoms with Crippen molar-refractivity contribution in [2.75, 3.05) is 18.4 Å². The second-order valence-corrected chi connectivity index (χ2v) is 5.42. The lowest BCUT2D eigenvalue weighted by Crippen LogP contribution is -2.45. The fourth-order valence-corrected chi connectivity index (χ4v) is 2.47. The minimum atomic E-state index is -0.587. The van der Waals surface area contributed by atoms with Crippen LogP contribution in [0.5, 0.6) is 0 Å². The standard InChI is InChI=1S/C15H21N3O3/c1-10(19)11-4-2-6-13(8-11)17-15(21)18-7-3-5-12(9-18)14(16)20/h2,4,6,8,10,12,19H,3,5,7,9H2,1H3,(H2,16,20)(H,17,21). The Balaban J connectivity index is 2.01. The summed E-state index contributed by atoms with van der Waals surface area (Å²) in [6, 6.07) is 6.82. The van der Waals surface area contributed by atoms with Gasteiger partial charge in [-0.25, -0.2) is 4.79 Å². The summed E-state index contributed by atoms with van der Waals surface area (Å²) in [5, 5.41) is 12.3. The van der Waals surface area contributed by atoms with Crippen LogP contribution in [0.4, 0.5) is 10.5 Å². The number of likely N-dealkylation sites (tertiary alicyclic amines) is 1. The second-order valence-electron chi connectivity index (χ2n) is 5.42. The molecule has 2 rings (SSSR count). The number of primary amides is 1. The molecule has 1 aliphatic rings. The van der Waals surface area contributed by atoms with E-state index in [1.165, 1.54) is 0 Å². The van der Waals surface area contributed by atoms with Crippen LogP contribution < -0.4 is 11.1 Å². The van der Waals surface area contributed by atoms with Crippen molar-refractivity contribution in [2.45, 2.75) is 25.9 Å². The molecule has 114 valence electrons. The van der Waals surface area contributed by atoms with Crippen LogP contribution in [0.25, 0.3) is 0 Å². The van der Waals surface area contributed by atoms with Crippen molar-refractivity contribution in [1.29, 1.82) is 0 Å². The molecule has 0 aromatic heterocycles. The molecule has 1 aliphatic heterocycles. The number of carbonyl (C=O) groups excluding carboxylic acids is 2. The van der Waals surface area contributed by atoms with Gasteiger partial charge < -0.3 is 21.1 Å². The van der Waals surface area contributed by atoms with Crippen LogP contribution in [0.15, 0.2) is 24.3 Å². The van der Waals surface area contributed by atoms with E-state index in [0.29, 0.717) is 18.8 Å². The van der Waals surface area contributed by atoms with Crippen LogP contribution in [0.2, 0.25) is 0 Å². The molecule has 0 bridgehead atoms. The zero-order valence-corrected chi connectivity index (χ0v) is 12.1. The number of anilines is 1. The first-order valence-electron chi connectivity index (χ1n) is 7.10. The lowest BCUT2D eigenvalue weighted by atomic mass is 9.98. The maximum atomic E-state index is 12.2. The van der Waals surface area contributed by atoms with Gasteiger partial charge in [-0.1, -0.05) is 12.1 Å². The van der Waals surface area contributed by atoms with Gasteiger partial charge in [0.2, 0.25) is 5.91 Å². The number of nitrogens with one attached hydrogen (secondary N) is 1. The molecule has 1 saturated heterocycles. The molecule has 1 heterocycles. The third kappa shape index (κ3) is 3.95. The predicted molar refractivity (Wildman–Crippen MR) is 79.6 cm³/mol. The minimum absolute atomic E-state index is 0.247. The molecule has 6 heteroatoms. The maximum absolute atomic E-state index is 12.2. The van der Waals surface area contributed by atoms with E-state index < -0.39 is 6.10 Å². The Morgan fingerprint density at radius 2 is 2.24 bits per heavy atom. The van der Waals surface area contributed by atoms with E-state index >= 15 is 0 Å². The van der Waals surface area contributed by atoms with Gasteiger partial charge in [-0.2, -0.15) is 0 Å². The summed E-state index contributed by atoms with van der Waals surface area (Å²) in [6.07, 6.45) is 0.918. The first kappa shape index (κ1) is 15.3. The molecule has 6 nitrogen and oxygen atoms in total. The molecule has 1 aromatic carbocycles. The first-order chi connectivity index (χ1) is 9.97. The van der Waals surface area contributed by atoms with Gasteiger partial charge in [0, 0.05) is 18.8 Å². The van der Waals surface area contributed by atoms with Crippen molar-refractivity contribution >= 4 is 17.6 Å². The number of piperidine rings is 1. The van der Waals surface area contributed by atoms with Crippen LogP contribution in [-0.2, 0) is 4.79 Å².